The molecule has 1 heterocycles. The molecule has 2 N–H and O–H groups in total. The summed E-state index contributed by atoms with van der Waals surface area (Å²) >= 11 is 1.03. The van der Waals surface area contributed by atoms with Crippen LogP contribution in [0.1, 0.15) is 37.0 Å². The molecular formula is C15H21NO4S2. The van der Waals surface area contributed by atoms with Crippen LogP contribution in [0.5, 0.6) is 0 Å². The number of carbonyl (C=O) groups is 1. The van der Waals surface area contributed by atoms with E-state index in [2.05, 4.69) is 4.72 Å². The summed E-state index contributed by atoms with van der Waals surface area (Å²) < 4.78 is 27.3. The zero-order valence-corrected chi connectivity index (χ0v) is 14.0. The summed E-state index contributed by atoms with van der Waals surface area (Å²) in [6.07, 6.45) is 6.04. The van der Waals surface area contributed by atoms with Gasteiger partial charge >= 0.3 is 5.97 Å². The number of hydrogen-bond donors (Lipinski definition) is 2. The van der Waals surface area contributed by atoms with Gasteiger partial charge < -0.3 is 5.11 Å². The van der Waals surface area contributed by atoms with Gasteiger partial charge in [0, 0.05) is 11.4 Å². The maximum absolute atomic E-state index is 12.2. The van der Waals surface area contributed by atoms with Gasteiger partial charge in [-0.25, -0.2) is 13.1 Å². The Bertz CT molecular complexity index is 652. The lowest BCUT2D eigenvalue weighted by molar-refractivity contribution is -0.136. The predicted octanol–water partition coefficient (Wildman–Crippen LogP) is 2.48. The lowest BCUT2D eigenvalue weighted by atomic mass is 9.86. The molecule has 3 atom stereocenters. The van der Waals surface area contributed by atoms with Gasteiger partial charge in [-0.05, 0) is 55.6 Å². The third-order valence-electron chi connectivity index (χ3n) is 4.92. The van der Waals surface area contributed by atoms with Gasteiger partial charge in [-0.2, -0.15) is 0 Å². The van der Waals surface area contributed by atoms with Crippen LogP contribution < -0.4 is 4.72 Å². The van der Waals surface area contributed by atoms with Gasteiger partial charge in [-0.3, -0.25) is 4.79 Å². The van der Waals surface area contributed by atoms with Crippen LogP contribution in [-0.4, -0.2) is 26.0 Å². The summed E-state index contributed by atoms with van der Waals surface area (Å²) in [5, 5.41) is 8.73. The highest BCUT2D eigenvalue weighted by Gasteiger charge is 2.38. The Morgan fingerprint density at radius 2 is 2.14 bits per heavy atom. The highest BCUT2D eigenvalue weighted by molar-refractivity contribution is 7.91. The molecule has 22 heavy (non-hydrogen) atoms. The van der Waals surface area contributed by atoms with Crippen molar-refractivity contribution in [1.82, 2.24) is 4.72 Å². The summed E-state index contributed by atoms with van der Waals surface area (Å²) in [4.78, 5) is 11.2. The lowest BCUT2D eigenvalue weighted by Crippen LogP contribution is -2.26. The molecule has 7 heteroatoms. The Morgan fingerprint density at radius 1 is 1.32 bits per heavy atom. The van der Waals surface area contributed by atoms with Gasteiger partial charge in [-0.15, -0.1) is 11.3 Å². The van der Waals surface area contributed by atoms with Crippen molar-refractivity contribution in [2.24, 2.45) is 17.8 Å². The third kappa shape index (κ3) is 3.52. The molecule has 1 aromatic rings. The van der Waals surface area contributed by atoms with E-state index in [1.165, 1.54) is 31.7 Å². The topological polar surface area (TPSA) is 83.5 Å². The molecule has 2 aliphatic rings. The second-order valence-electron chi connectivity index (χ2n) is 6.41. The Labute approximate surface area is 134 Å². The largest absolute Gasteiger partial charge is 0.481 e. The number of fused-ring (bicyclic) bond motifs is 2. The van der Waals surface area contributed by atoms with E-state index in [1.54, 1.807) is 6.07 Å². The van der Waals surface area contributed by atoms with Gasteiger partial charge in [0.1, 0.15) is 4.21 Å². The number of thiophene rings is 1. The smallest absolute Gasteiger partial charge is 0.308 e. The van der Waals surface area contributed by atoms with E-state index in [0.717, 1.165) is 29.6 Å². The summed E-state index contributed by atoms with van der Waals surface area (Å²) in [5.74, 6) is 1.41. The van der Waals surface area contributed by atoms with Crippen LogP contribution in [0.15, 0.2) is 16.3 Å². The van der Waals surface area contributed by atoms with Gasteiger partial charge in [0.25, 0.3) is 0 Å². The minimum Gasteiger partial charge on any atom is -0.481 e. The first-order valence-corrected chi connectivity index (χ1v) is 10.0. The number of aliphatic carboxylic acids is 1. The molecule has 2 bridgehead atoms. The van der Waals surface area contributed by atoms with Crippen LogP contribution in [0.4, 0.5) is 0 Å². The second-order valence-corrected chi connectivity index (χ2v) is 9.57. The number of hydrogen-bond acceptors (Lipinski definition) is 4. The zero-order valence-electron chi connectivity index (χ0n) is 12.3. The molecule has 0 radical (unpaired) electrons. The Hall–Kier alpha value is -0.920. The first kappa shape index (κ1) is 16.0. The van der Waals surface area contributed by atoms with Crippen molar-refractivity contribution in [1.29, 1.82) is 0 Å². The standard InChI is InChI=1S/C15H21NO4S2/c17-14(18)9-13-3-4-15(21-13)22(19,20)16-6-5-12-8-10-1-2-11(12)7-10/h3-4,10-12,16H,1-2,5-9H2,(H,17,18). The van der Waals surface area contributed by atoms with Crippen LogP contribution in [0.3, 0.4) is 0 Å². The molecule has 2 saturated carbocycles. The van der Waals surface area contributed by atoms with E-state index >= 15 is 0 Å². The molecule has 0 saturated heterocycles. The van der Waals surface area contributed by atoms with E-state index in [0.29, 0.717) is 17.3 Å². The van der Waals surface area contributed by atoms with Crippen molar-refractivity contribution in [3.8, 4) is 0 Å². The first-order valence-electron chi connectivity index (χ1n) is 7.74. The molecule has 0 aromatic carbocycles. The molecular weight excluding hydrogens is 322 g/mol. The number of sulfonamides is 1. The predicted molar refractivity (Wildman–Crippen MR) is 84.4 cm³/mol. The highest BCUT2D eigenvalue weighted by Crippen LogP contribution is 2.49. The average Bonchev–Trinajstić information content (AvgIpc) is 3.13. The van der Waals surface area contributed by atoms with Crippen LogP contribution in [0, 0.1) is 17.8 Å². The van der Waals surface area contributed by atoms with Gasteiger partial charge in [0.2, 0.25) is 10.0 Å². The van der Waals surface area contributed by atoms with E-state index in [9.17, 15) is 13.2 Å². The maximum atomic E-state index is 12.2. The fourth-order valence-electron chi connectivity index (χ4n) is 3.93. The summed E-state index contributed by atoms with van der Waals surface area (Å²) in [7, 11) is -3.50. The number of nitrogens with one attached hydrogen (secondary N) is 1. The van der Waals surface area contributed by atoms with Crippen molar-refractivity contribution in [3.05, 3.63) is 17.0 Å². The second kappa shape index (κ2) is 6.29. The monoisotopic (exact) mass is 343 g/mol. The van der Waals surface area contributed by atoms with Crippen molar-refractivity contribution >= 4 is 27.3 Å². The van der Waals surface area contributed by atoms with E-state index in [4.69, 9.17) is 5.11 Å². The van der Waals surface area contributed by atoms with Crippen LogP contribution in [0.25, 0.3) is 0 Å². The molecule has 3 rings (SSSR count). The van der Waals surface area contributed by atoms with Crippen LogP contribution in [-0.2, 0) is 21.2 Å². The van der Waals surface area contributed by atoms with Crippen LogP contribution in [0.2, 0.25) is 0 Å². The van der Waals surface area contributed by atoms with Crippen molar-refractivity contribution in [3.63, 3.8) is 0 Å². The maximum Gasteiger partial charge on any atom is 0.308 e. The molecule has 3 unspecified atom stereocenters. The zero-order chi connectivity index (χ0) is 15.7. The molecule has 0 aliphatic heterocycles. The van der Waals surface area contributed by atoms with E-state index < -0.39 is 16.0 Å². The Kier molecular flexibility index (Phi) is 4.56. The molecule has 1 aromatic heterocycles. The molecule has 5 nitrogen and oxygen atoms in total. The van der Waals surface area contributed by atoms with Crippen molar-refractivity contribution in [2.45, 2.75) is 42.7 Å². The molecule has 0 amide bonds. The minimum atomic E-state index is -3.50. The number of rotatable bonds is 7. The van der Waals surface area contributed by atoms with Gasteiger partial charge in [0.05, 0.1) is 6.42 Å². The quantitative estimate of drug-likeness (QED) is 0.797. The lowest BCUT2D eigenvalue weighted by Gasteiger charge is -2.21. The average molecular weight is 343 g/mol. The van der Waals surface area contributed by atoms with E-state index in [1.807, 2.05) is 0 Å². The fraction of sp³-hybridized carbons (Fsp3) is 0.667. The van der Waals surface area contributed by atoms with Crippen molar-refractivity contribution in [2.75, 3.05) is 6.54 Å². The minimum absolute atomic E-state index is 0.134. The van der Waals surface area contributed by atoms with Crippen molar-refractivity contribution < 1.29 is 18.3 Å². The Morgan fingerprint density at radius 3 is 2.77 bits per heavy atom. The molecule has 0 spiro atoms. The molecule has 2 fully saturated rings. The summed E-state index contributed by atoms with van der Waals surface area (Å²) in [6.45, 7) is 0.475. The SMILES string of the molecule is O=C(O)Cc1ccc(S(=O)(=O)NCCC2CC3CCC2C3)s1. The molecule has 122 valence electrons. The number of carboxylic acid groups (broad SMARTS) is 1. The van der Waals surface area contributed by atoms with Gasteiger partial charge in [-0.1, -0.05) is 6.42 Å². The van der Waals surface area contributed by atoms with Crippen LogP contribution >= 0.6 is 11.3 Å². The van der Waals surface area contributed by atoms with Gasteiger partial charge in [0.15, 0.2) is 0 Å². The highest BCUT2D eigenvalue weighted by atomic mass is 32.2. The first-order chi connectivity index (χ1) is 10.4. The molecule has 2 aliphatic carbocycles. The normalized spacial score (nSPS) is 27.4. The Balaban J connectivity index is 1.52. The summed E-state index contributed by atoms with van der Waals surface area (Å²) in [6, 6.07) is 3.06. The number of carboxylic acids is 1. The summed E-state index contributed by atoms with van der Waals surface area (Å²) in [5.41, 5.74) is 0. The third-order valence-corrected chi connectivity index (χ3v) is 7.96. The van der Waals surface area contributed by atoms with E-state index in [-0.39, 0.29) is 10.6 Å². The fourth-order valence-corrected chi connectivity index (χ4v) is 6.37.